The lowest BCUT2D eigenvalue weighted by Crippen LogP contribution is -2.18. The van der Waals surface area contributed by atoms with Crippen molar-refractivity contribution in [2.75, 3.05) is 6.61 Å². The predicted molar refractivity (Wildman–Crippen MR) is 116 cm³/mol. The second kappa shape index (κ2) is 7.75. The number of oxazole rings is 1. The number of nitrogens with zero attached hydrogens (tertiary/aromatic N) is 1. The predicted octanol–water partition coefficient (Wildman–Crippen LogP) is 5.85. The summed E-state index contributed by atoms with van der Waals surface area (Å²) >= 11 is 1.68. The van der Waals surface area contributed by atoms with Crippen molar-refractivity contribution in [3.63, 3.8) is 0 Å². The summed E-state index contributed by atoms with van der Waals surface area (Å²) in [6, 6.07) is 4.17. The van der Waals surface area contributed by atoms with E-state index in [4.69, 9.17) is 4.42 Å². The molecule has 1 aromatic carbocycles. The summed E-state index contributed by atoms with van der Waals surface area (Å²) in [5.74, 6) is 1.80. The van der Waals surface area contributed by atoms with E-state index in [1.165, 1.54) is 0 Å². The van der Waals surface area contributed by atoms with Crippen LogP contribution in [0, 0.1) is 6.92 Å². The van der Waals surface area contributed by atoms with Crippen molar-refractivity contribution in [3.05, 3.63) is 40.6 Å². The highest BCUT2D eigenvalue weighted by Gasteiger charge is 2.32. The first-order chi connectivity index (χ1) is 12.7. The van der Waals surface area contributed by atoms with Gasteiger partial charge in [0.05, 0.1) is 10.4 Å². The van der Waals surface area contributed by atoms with E-state index in [-0.39, 0.29) is 22.2 Å². The lowest BCUT2D eigenvalue weighted by Gasteiger charge is -2.29. The molecule has 4 nitrogen and oxygen atoms in total. The molecule has 5 heteroatoms. The van der Waals surface area contributed by atoms with E-state index < -0.39 is 0 Å². The van der Waals surface area contributed by atoms with E-state index >= 15 is 0 Å². The van der Waals surface area contributed by atoms with Gasteiger partial charge in [-0.15, -0.1) is 11.8 Å². The highest BCUT2D eigenvalue weighted by molar-refractivity contribution is 8.00. The molecule has 0 aliphatic carbocycles. The molecule has 0 saturated heterocycles. The number of phenolic OH excluding ortho intramolecular Hbond substituents is 1. The number of benzene rings is 1. The highest BCUT2D eigenvalue weighted by atomic mass is 32.2. The Kier molecular flexibility index (Phi) is 6.32. The zero-order chi connectivity index (χ0) is 21.5. The molecule has 0 radical (unpaired) electrons. The van der Waals surface area contributed by atoms with E-state index in [2.05, 4.69) is 72.5 Å². The van der Waals surface area contributed by atoms with Crippen LogP contribution in [0.25, 0.3) is 0 Å². The number of aryl methyl sites for hydroxylation is 1. The normalized spacial score (nSPS) is 13.2. The van der Waals surface area contributed by atoms with Crippen molar-refractivity contribution in [3.8, 4) is 5.75 Å². The Bertz CT molecular complexity index is 804. The van der Waals surface area contributed by atoms with Gasteiger partial charge in [0.2, 0.25) is 5.89 Å². The summed E-state index contributed by atoms with van der Waals surface area (Å²) in [6.07, 6.45) is 0.498. The third kappa shape index (κ3) is 4.93. The van der Waals surface area contributed by atoms with Gasteiger partial charge in [-0.2, -0.15) is 0 Å². The Labute approximate surface area is 173 Å². The Morgan fingerprint density at radius 3 is 1.89 bits per heavy atom. The van der Waals surface area contributed by atoms with Gasteiger partial charge in [-0.25, -0.2) is 4.98 Å². The van der Waals surface area contributed by atoms with Gasteiger partial charge in [0.15, 0.2) is 0 Å². The molecule has 0 bridgehead atoms. The summed E-state index contributed by atoms with van der Waals surface area (Å²) in [6.45, 7) is 18.8. The van der Waals surface area contributed by atoms with Crippen LogP contribution in [0.3, 0.4) is 0 Å². The number of thioether (sulfide) groups is 1. The van der Waals surface area contributed by atoms with Crippen LogP contribution in [-0.4, -0.2) is 21.8 Å². The molecule has 1 heterocycles. The standard InChI is InChI=1S/C23H35NO3S/c1-14-18(10-11-25)24-20(27-14)23(8,9)28-15-12-16(21(2,3)4)19(26)17(13-15)22(5,6)7/h12-13,25-26H,10-11H2,1-9H3. The Balaban J connectivity index is 2.51. The number of aliphatic hydroxyl groups is 1. The van der Waals surface area contributed by atoms with Gasteiger partial charge in [0, 0.05) is 29.1 Å². The molecule has 0 saturated carbocycles. The maximum absolute atomic E-state index is 10.9. The molecule has 1 aromatic heterocycles. The van der Waals surface area contributed by atoms with Crippen LogP contribution in [0.2, 0.25) is 0 Å². The fourth-order valence-electron chi connectivity index (χ4n) is 3.17. The van der Waals surface area contributed by atoms with E-state index in [0.717, 1.165) is 27.5 Å². The molecule has 28 heavy (non-hydrogen) atoms. The molecule has 0 amide bonds. The number of rotatable bonds is 5. The van der Waals surface area contributed by atoms with Crippen molar-refractivity contribution in [1.82, 2.24) is 4.98 Å². The van der Waals surface area contributed by atoms with Crippen molar-refractivity contribution < 1.29 is 14.6 Å². The van der Waals surface area contributed by atoms with Crippen molar-refractivity contribution >= 4 is 11.8 Å². The molecule has 0 spiro atoms. The molecule has 0 atom stereocenters. The first-order valence-corrected chi connectivity index (χ1v) is 10.6. The highest BCUT2D eigenvalue weighted by Crippen LogP contribution is 2.46. The number of aromatic nitrogens is 1. The largest absolute Gasteiger partial charge is 0.507 e. The van der Waals surface area contributed by atoms with Gasteiger partial charge in [0.1, 0.15) is 11.5 Å². The minimum absolute atomic E-state index is 0.0578. The summed E-state index contributed by atoms with van der Waals surface area (Å²) in [7, 11) is 0. The summed E-state index contributed by atoms with van der Waals surface area (Å²) in [5.41, 5.74) is 2.37. The van der Waals surface area contributed by atoms with Crippen LogP contribution in [-0.2, 0) is 22.0 Å². The average Bonchev–Trinajstić information content (AvgIpc) is 2.89. The first kappa shape index (κ1) is 22.8. The van der Waals surface area contributed by atoms with Gasteiger partial charge in [-0.3, -0.25) is 0 Å². The molecule has 0 aliphatic heterocycles. The van der Waals surface area contributed by atoms with Crippen molar-refractivity contribution in [1.29, 1.82) is 0 Å². The lowest BCUT2D eigenvalue weighted by molar-refractivity contribution is 0.297. The Hall–Kier alpha value is -1.46. The van der Waals surface area contributed by atoms with Crippen LogP contribution in [0.15, 0.2) is 21.4 Å². The Morgan fingerprint density at radius 1 is 0.964 bits per heavy atom. The second-order valence-corrected chi connectivity index (χ2v) is 11.7. The lowest BCUT2D eigenvalue weighted by atomic mass is 9.79. The van der Waals surface area contributed by atoms with E-state index in [0.29, 0.717) is 18.1 Å². The number of hydrogen-bond donors (Lipinski definition) is 2. The minimum atomic E-state index is -0.389. The minimum Gasteiger partial charge on any atom is -0.507 e. The summed E-state index contributed by atoms with van der Waals surface area (Å²) in [5, 5.41) is 20.2. The van der Waals surface area contributed by atoms with E-state index in [9.17, 15) is 10.2 Å². The molecule has 0 unspecified atom stereocenters. The van der Waals surface area contributed by atoms with Crippen molar-refractivity contribution in [2.45, 2.75) is 89.2 Å². The quantitative estimate of drug-likeness (QED) is 0.611. The van der Waals surface area contributed by atoms with Crippen LogP contribution in [0.4, 0.5) is 0 Å². The topological polar surface area (TPSA) is 66.5 Å². The van der Waals surface area contributed by atoms with Crippen LogP contribution in [0.1, 0.15) is 83.9 Å². The van der Waals surface area contributed by atoms with Gasteiger partial charge in [-0.05, 0) is 43.7 Å². The number of aromatic hydroxyl groups is 1. The van der Waals surface area contributed by atoms with E-state index in [1.807, 2.05) is 6.92 Å². The van der Waals surface area contributed by atoms with Crippen LogP contribution < -0.4 is 0 Å². The number of phenols is 1. The molecule has 0 aliphatic rings. The third-order valence-electron chi connectivity index (χ3n) is 4.83. The van der Waals surface area contributed by atoms with Gasteiger partial charge < -0.3 is 14.6 Å². The van der Waals surface area contributed by atoms with Gasteiger partial charge in [-0.1, -0.05) is 41.5 Å². The molecule has 0 fully saturated rings. The van der Waals surface area contributed by atoms with Crippen LogP contribution >= 0.6 is 11.8 Å². The zero-order valence-corrected chi connectivity index (χ0v) is 19.5. The molecule has 2 aromatic rings. The third-order valence-corrected chi connectivity index (χ3v) is 5.99. The molecular weight excluding hydrogens is 370 g/mol. The fourth-order valence-corrected chi connectivity index (χ4v) is 4.29. The molecular formula is C23H35NO3S. The second-order valence-electron chi connectivity index (χ2n) is 9.97. The molecule has 2 rings (SSSR count). The molecule has 156 valence electrons. The van der Waals surface area contributed by atoms with Gasteiger partial charge in [0.25, 0.3) is 0 Å². The summed E-state index contributed by atoms with van der Waals surface area (Å²) < 4.78 is 5.54. The van der Waals surface area contributed by atoms with E-state index in [1.54, 1.807) is 11.8 Å². The monoisotopic (exact) mass is 405 g/mol. The number of hydrogen-bond acceptors (Lipinski definition) is 5. The van der Waals surface area contributed by atoms with Crippen molar-refractivity contribution in [2.24, 2.45) is 0 Å². The smallest absolute Gasteiger partial charge is 0.210 e. The van der Waals surface area contributed by atoms with Crippen LogP contribution in [0.5, 0.6) is 5.75 Å². The number of aliphatic hydroxyl groups excluding tert-OH is 1. The summed E-state index contributed by atoms with van der Waals surface area (Å²) in [4.78, 5) is 5.71. The maximum Gasteiger partial charge on any atom is 0.210 e. The first-order valence-electron chi connectivity index (χ1n) is 9.81. The average molecular weight is 406 g/mol. The SMILES string of the molecule is Cc1oc(C(C)(C)Sc2cc(C(C)(C)C)c(O)c(C(C)(C)C)c2)nc1CCO. The maximum atomic E-state index is 10.9. The zero-order valence-electron chi connectivity index (χ0n) is 18.7. The fraction of sp³-hybridized carbons (Fsp3) is 0.609. The Morgan fingerprint density at radius 2 is 1.46 bits per heavy atom. The van der Waals surface area contributed by atoms with Gasteiger partial charge >= 0.3 is 0 Å². The molecule has 2 N–H and O–H groups in total.